The van der Waals surface area contributed by atoms with Crippen molar-refractivity contribution in [2.45, 2.75) is 6.54 Å². The van der Waals surface area contributed by atoms with Crippen LogP contribution < -0.4 is 14.8 Å². The second-order valence-corrected chi connectivity index (χ2v) is 5.37. The molecule has 1 aromatic carbocycles. The van der Waals surface area contributed by atoms with Crippen molar-refractivity contribution in [1.29, 1.82) is 0 Å². The maximum Gasteiger partial charge on any atom is 0.162 e. The lowest BCUT2D eigenvalue weighted by Gasteiger charge is -2.18. The largest absolute Gasteiger partial charge is 0.486 e. The third-order valence-corrected chi connectivity index (χ3v) is 4.18. The monoisotopic (exact) mass is 337 g/mol. The maximum atomic E-state index is 5.62. The van der Waals surface area contributed by atoms with E-state index in [1.807, 2.05) is 36.9 Å². The molecule has 6 heteroatoms. The minimum absolute atomic E-state index is 0.588. The minimum atomic E-state index is 0.588. The summed E-state index contributed by atoms with van der Waals surface area (Å²) in [7, 11) is 3.90. The molecule has 0 saturated heterocycles. The van der Waals surface area contributed by atoms with Crippen molar-refractivity contribution in [1.82, 2.24) is 14.9 Å². The number of ether oxygens (including phenoxy) is 2. The van der Waals surface area contributed by atoms with Gasteiger partial charge in [-0.1, -0.05) is 0 Å². The number of nitrogens with one attached hydrogen (secondary N) is 1. The molecule has 0 radical (unpaired) electrons. The molecule has 0 bridgehead atoms. The maximum absolute atomic E-state index is 5.62. The Morgan fingerprint density at radius 3 is 2.80 bits per heavy atom. The molecule has 20 heavy (non-hydrogen) atoms. The molecule has 1 aliphatic heterocycles. The van der Waals surface area contributed by atoms with Gasteiger partial charge in [0.2, 0.25) is 0 Å². The molecular weight excluding hydrogens is 322 g/mol. The van der Waals surface area contributed by atoms with Crippen molar-refractivity contribution in [3.8, 4) is 22.8 Å². The van der Waals surface area contributed by atoms with Crippen molar-refractivity contribution in [3.63, 3.8) is 0 Å². The Bertz CT molecular complexity index is 640. The highest BCUT2D eigenvalue weighted by atomic mass is 79.9. The highest BCUT2D eigenvalue weighted by molar-refractivity contribution is 9.10. The van der Waals surface area contributed by atoms with Crippen LogP contribution in [0.5, 0.6) is 11.5 Å². The number of hydrogen-bond acceptors (Lipinski definition) is 4. The van der Waals surface area contributed by atoms with Gasteiger partial charge in [0.1, 0.15) is 29.3 Å². The van der Waals surface area contributed by atoms with Crippen LogP contribution in [0.4, 0.5) is 0 Å². The first-order valence-electron chi connectivity index (χ1n) is 6.46. The fourth-order valence-corrected chi connectivity index (χ4v) is 2.74. The summed E-state index contributed by atoms with van der Waals surface area (Å²) in [5.74, 6) is 2.55. The molecule has 2 heterocycles. The summed E-state index contributed by atoms with van der Waals surface area (Å²) in [6.45, 7) is 1.91. The highest BCUT2D eigenvalue weighted by Gasteiger charge is 2.17. The number of benzene rings is 1. The summed E-state index contributed by atoms with van der Waals surface area (Å²) >= 11 is 3.60. The van der Waals surface area contributed by atoms with Crippen molar-refractivity contribution in [2.24, 2.45) is 7.05 Å². The molecule has 1 N–H and O–H groups in total. The second kappa shape index (κ2) is 5.46. The van der Waals surface area contributed by atoms with Crippen LogP contribution in [0.25, 0.3) is 11.3 Å². The summed E-state index contributed by atoms with van der Waals surface area (Å²) in [6.07, 6.45) is 0. The van der Waals surface area contributed by atoms with E-state index in [2.05, 4.69) is 26.2 Å². The van der Waals surface area contributed by atoms with Crippen molar-refractivity contribution < 1.29 is 9.47 Å². The van der Waals surface area contributed by atoms with Crippen LogP contribution in [0.3, 0.4) is 0 Å². The van der Waals surface area contributed by atoms with Crippen molar-refractivity contribution in [2.75, 3.05) is 20.3 Å². The second-order valence-electron chi connectivity index (χ2n) is 4.62. The molecule has 0 fully saturated rings. The topological polar surface area (TPSA) is 48.3 Å². The van der Waals surface area contributed by atoms with Crippen LogP contribution in [0.1, 0.15) is 5.82 Å². The van der Waals surface area contributed by atoms with E-state index in [1.165, 1.54) is 0 Å². The lowest BCUT2D eigenvalue weighted by Crippen LogP contribution is -2.15. The average Bonchev–Trinajstić information content (AvgIpc) is 2.76. The van der Waals surface area contributed by atoms with E-state index >= 15 is 0 Å². The molecule has 2 aromatic rings. The number of nitrogens with zero attached hydrogens (tertiary/aromatic N) is 2. The van der Waals surface area contributed by atoms with Gasteiger partial charge < -0.3 is 19.4 Å². The smallest absolute Gasteiger partial charge is 0.162 e. The fraction of sp³-hybridized carbons (Fsp3) is 0.357. The third kappa shape index (κ3) is 2.29. The number of fused-ring (bicyclic) bond motifs is 1. The Balaban J connectivity index is 2.02. The lowest BCUT2D eigenvalue weighted by molar-refractivity contribution is 0.171. The van der Waals surface area contributed by atoms with Crippen LogP contribution >= 0.6 is 15.9 Å². The van der Waals surface area contributed by atoms with Gasteiger partial charge in [0.25, 0.3) is 0 Å². The quantitative estimate of drug-likeness (QED) is 0.933. The number of aromatic nitrogens is 2. The molecule has 0 spiro atoms. The van der Waals surface area contributed by atoms with E-state index in [0.717, 1.165) is 39.7 Å². The highest BCUT2D eigenvalue weighted by Crippen LogP contribution is 2.36. The fourth-order valence-electron chi connectivity index (χ4n) is 2.21. The zero-order valence-electron chi connectivity index (χ0n) is 11.4. The van der Waals surface area contributed by atoms with Gasteiger partial charge in [-0.25, -0.2) is 4.98 Å². The number of imidazole rings is 1. The van der Waals surface area contributed by atoms with Crippen molar-refractivity contribution >= 4 is 15.9 Å². The lowest BCUT2D eigenvalue weighted by atomic mass is 10.1. The zero-order valence-corrected chi connectivity index (χ0v) is 13.0. The summed E-state index contributed by atoms with van der Waals surface area (Å²) < 4.78 is 14.2. The molecule has 106 valence electrons. The van der Waals surface area contributed by atoms with Gasteiger partial charge in [-0.2, -0.15) is 0 Å². The van der Waals surface area contributed by atoms with E-state index in [1.54, 1.807) is 0 Å². The Labute approximate surface area is 126 Å². The molecule has 5 nitrogen and oxygen atoms in total. The molecule has 3 rings (SSSR count). The van der Waals surface area contributed by atoms with E-state index in [-0.39, 0.29) is 0 Å². The predicted octanol–water partition coefficient (Wildman–Crippen LogP) is 2.34. The van der Waals surface area contributed by atoms with Crippen LogP contribution in [-0.2, 0) is 13.6 Å². The minimum Gasteiger partial charge on any atom is -0.486 e. The summed E-state index contributed by atoms with van der Waals surface area (Å²) in [4.78, 5) is 4.68. The molecule has 1 aromatic heterocycles. The molecule has 0 aliphatic carbocycles. The Kier molecular flexibility index (Phi) is 3.67. The first-order chi connectivity index (χ1) is 9.70. The Morgan fingerprint density at radius 2 is 2.05 bits per heavy atom. The molecule has 1 aliphatic rings. The SMILES string of the molecule is CNCc1nc(-c2ccc3c(c2)OCCO3)c(Br)n1C. The third-order valence-electron chi connectivity index (χ3n) is 3.27. The number of halogens is 1. The summed E-state index contributed by atoms with van der Waals surface area (Å²) in [6, 6.07) is 5.91. The first kappa shape index (κ1) is 13.5. The van der Waals surface area contributed by atoms with Crippen LogP contribution in [0, 0.1) is 0 Å². The number of hydrogen-bond donors (Lipinski definition) is 1. The molecule has 0 unspecified atom stereocenters. The van der Waals surface area contributed by atoms with Crippen LogP contribution in [0.15, 0.2) is 22.8 Å². The summed E-state index contributed by atoms with van der Waals surface area (Å²) in [5.41, 5.74) is 1.92. The van der Waals surface area contributed by atoms with Gasteiger partial charge in [-0.05, 0) is 41.2 Å². The van der Waals surface area contributed by atoms with Gasteiger partial charge in [0.05, 0.1) is 6.54 Å². The Morgan fingerprint density at radius 1 is 1.30 bits per heavy atom. The van der Waals surface area contributed by atoms with Crippen LogP contribution in [-0.4, -0.2) is 29.8 Å². The van der Waals surface area contributed by atoms with Crippen molar-refractivity contribution in [3.05, 3.63) is 28.6 Å². The molecule has 0 atom stereocenters. The van der Waals surface area contributed by atoms with E-state index in [4.69, 9.17) is 9.47 Å². The van der Waals surface area contributed by atoms with Gasteiger partial charge in [0, 0.05) is 12.6 Å². The van der Waals surface area contributed by atoms with E-state index in [9.17, 15) is 0 Å². The molecular formula is C14H16BrN3O2. The van der Waals surface area contributed by atoms with Gasteiger partial charge in [0.15, 0.2) is 11.5 Å². The van der Waals surface area contributed by atoms with Gasteiger partial charge in [-0.3, -0.25) is 0 Å². The zero-order chi connectivity index (χ0) is 14.1. The predicted molar refractivity (Wildman–Crippen MR) is 80.1 cm³/mol. The number of rotatable bonds is 3. The van der Waals surface area contributed by atoms with Gasteiger partial charge in [-0.15, -0.1) is 0 Å². The Hall–Kier alpha value is -1.53. The average molecular weight is 338 g/mol. The van der Waals surface area contributed by atoms with Crippen LogP contribution in [0.2, 0.25) is 0 Å². The van der Waals surface area contributed by atoms with E-state index in [0.29, 0.717) is 13.2 Å². The molecule has 0 saturated carbocycles. The molecule has 0 amide bonds. The van der Waals surface area contributed by atoms with E-state index < -0.39 is 0 Å². The normalized spacial score (nSPS) is 13.6. The van der Waals surface area contributed by atoms with Gasteiger partial charge >= 0.3 is 0 Å². The summed E-state index contributed by atoms with van der Waals surface area (Å²) in [5, 5.41) is 3.12. The first-order valence-corrected chi connectivity index (χ1v) is 7.25. The standard InChI is InChI=1S/C14H16BrN3O2/c1-16-8-12-17-13(14(15)18(12)2)9-3-4-10-11(7-9)20-6-5-19-10/h3-4,7,16H,5-6,8H2,1-2H3.